The van der Waals surface area contributed by atoms with Crippen LogP contribution in [0.2, 0.25) is 0 Å². The molecule has 1 N–H and O–H groups in total. The van der Waals surface area contributed by atoms with Gasteiger partial charge in [-0.05, 0) is 101 Å². The average Bonchev–Trinajstić information content (AvgIpc) is 3.54. The van der Waals surface area contributed by atoms with Gasteiger partial charge >= 0.3 is 29.4 Å². The summed E-state index contributed by atoms with van der Waals surface area (Å²) in [5, 5.41) is 22.1. The molecule has 1 aliphatic heterocycles. The van der Waals surface area contributed by atoms with Gasteiger partial charge in [-0.25, -0.2) is 23.5 Å². The molecule has 27 heteroatoms. The first-order chi connectivity index (χ1) is 35.5. The number of nitriles is 2. The number of hydrogen-bond donors (Lipinski definition) is 1. The van der Waals surface area contributed by atoms with Gasteiger partial charge < -0.3 is 24.4 Å². The number of ether oxygens (including phenoxy) is 3. The van der Waals surface area contributed by atoms with Crippen LogP contribution in [0.15, 0.2) is 75.5 Å². The van der Waals surface area contributed by atoms with Crippen molar-refractivity contribution in [3.05, 3.63) is 127 Å². The Labute approximate surface area is 437 Å². The normalized spacial score (nSPS) is 13.1. The molecule has 5 heterocycles. The van der Waals surface area contributed by atoms with Crippen molar-refractivity contribution in [2.75, 3.05) is 36.4 Å². The van der Waals surface area contributed by atoms with Crippen LogP contribution < -0.4 is 35.7 Å². The second kappa shape index (κ2) is 22.6. The van der Waals surface area contributed by atoms with E-state index in [0.717, 1.165) is 38.0 Å². The molecule has 6 aromatic rings. The Balaban J connectivity index is 0.000000234. The average molecular weight is 1100 g/mol. The van der Waals surface area contributed by atoms with Crippen LogP contribution in [-0.2, 0) is 39.5 Å². The summed E-state index contributed by atoms with van der Waals surface area (Å²) >= 11 is 9.74. The van der Waals surface area contributed by atoms with Crippen LogP contribution in [0.25, 0.3) is 11.3 Å². The van der Waals surface area contributed by atoms with Crippen LogP contribution in [0, 0.1) is 34.3 Å². The zero-order chi connectivity index (χ0) is 57.0. The van der Waals surface area contributed by atoms with Gasteiger partial charge in [0.25, 0.3) is 5.91 Å². The van der Waals surface area contributed by atoms with E-state index in [9.17, 15) is 49.9 Å². The maximum absolute atomic E-state index is 15.2. The van der Waals surface area contributed by atoms with Crippen LogP contribution >= 0.6 is 24.4 Å². The van der Waals surface area contributed by atoms with Crippen LogP contribution in [0.3, 0.4) is 0 Å². The Morgan fingerprint density at radius 3 is 1.71 bits per heavy atom. The van der Waals surface area contributed by atoms with E-state index in [0.29, 0.717) is 24.6 Å². The lowest BCUT2D eigenvalue weighted by atomic mass is 10.0. The number of benzene rings is 2. The number of carbonyl (C=O) groups is 2. The first-order valence-corrected chi connectivity index (χ1v) is 22.8. The minimum absolute atomic E-state index is 0.00394. The van der Waals surface area contributed by atoms with E-state index in [4.69, 9.17) is 37.0 Å². The van der Waals surface area contributed by atoms with Crippen molar-refractivity contribution in [2.24, 2.45) is 4.99 Å². The minimum Gasteiger partial charge on any atom is -0.490 e. The molecular formula is C49H42F8N10O7S2. The molecule has 0 saturated carbocycles. The maximum atomic E-state index is 15.2. The summed E-state index contributed by atoms with van der Waals surface area (Å²) in [7, 11) is 3.91. The van der Waals surface area contributed by atoms with Crippen molar-refractivity contribution in [1.82, 2.24) is 18.8 Å². The van der Waals surface area contributed by atoms with Crippen molar-refractivity contribution >= 4 is 80.6 Å². The monoisotopic (exact) mass is 1100 g/mol. The molecule has 0 unspecified atom stereocenters. The van der Waals surface area contributed by atoms with Crippen molar-refractivity contribution in [2.45, 2.75) is 77.8 Å². The van der Waals surface area contributed by atoms with Gasteiger partial charge in [0.15, 0.2) is 28.0 Å². The predicted molar refractivity (Wildman–Crippen MR) is 268 cm³/mol. The number of amides is 1. The number of alkyl halides is 6. The molecule has 0 radical (unpaired) electrons. The van der Waals surface area contributed by atoms with E-state index in [-0.39, 0.29) is 56.3 Å². The molecule has 0 spiro atoms. The Morgan fingerprint density at radius 1 is 0.763 bits per heavy atom. The highest BCUT2D eigenvalue weighted by atomic mass is 32.1. The van der Waals surface area contributed by atoms with Gasteiger partial charge in [0.1, 0.15) is 11.1 Å². The lowest BCUT2D eigenvalue weighted by Crippen LogP contribution is -2.44. The van der Waals surface area contributed by atoms with Gasteiger partial charge in [0, 0.05) is 24.5 Å². The summed E-state index contributed by atoms with van der Waals surface area (Å²) in [6.07, 6.45) is -6.07. The number of aromatic nitrogens is 4. The largest absolute Gasteiger partial charge is 0.490 e. The number of fused-ring (bicyclic) bond motifs is 2. The molecule has 0 bridgehead atoms. The molecular weight excluding hydrogens is 1060 g/mol. The third kappa shape index (κ3) is 11.6. The van der Waals surface area contributed by atoms with Gasteiger partial charge in [-0.2, -0.15) is 41.9 Å². The topological polar surface area (TPSA) is 209 Å². The van der Waals surface area contributed by atoms with E-state index >= 15 is 4.39 Å². The molecule has 1 saturated heterocycles. The molecule has 76 heavy (non-hydrogen) atoms. The van der Waals surface area contributed by atoms with Crippen LogP contribution in [0.4, 0.5) is 57.9 Å². The molecule has 4 aromatic heterocycles. The van der Waals surface area contributed by atoms with Crippen molar-refractivity contribution in [1.29, 1.82) is 10.5 Å². The highest BCUT2D eigenvalue weighted by molar-refractivity contribution is 7.81. The van der Waals surface area contributed by atoms with Gasteiger partial charge in [-0.3, -0.25) is 28.1 Å². The van der Waals surface area contributed by atoms with Crippen LogP contribution in [-0.4, -0.2) is 73.3 Å². The minimum atomic E-state index is -4.85. The smallest absolute Gasteiger partial charge is 0.417 e. The number of isothiocyanates is 1. The summed E-state index contributed by atoms with van der Waals surface area (Å²) in [5.41, 5.74) is -6.74. The van der Waals surface area contributed by atoms with Gasteiger partial charge in [-0.1, -0.05) is 13.8 Å². The fourth-order valence-electron chi connectivity index (χ4n) is 7.63. The fourth-order valence-corrected chi connectivity index (χ4v) is 8.26. The molecule has 1 fully saturated rings. The number of hydrogen-bond acceptors (Lipinski definition) is 15. The summed E-state index contributed by atoms with van der Waals surface area (Å²) in [5.74, 6) is -2.79. The molecule has 2 aromatic carbocycles. The summed E-state index contributed by atoms with van der Waals surface area (Å²) in [6, 6.07) is 11.0. The maximum Gasteiger partial charge on any atom is 0.417 e. The number of aryl methyl sites for hydroxylation is 2. The Bertz CT molecular complexity index is 3580. The molecule has 1 amide bonds. The SMILES string of the molecule is CCc1nc2c(F)cc(N3C(=S)N(c4ccc(C#N)c(C(F)(F)F)c4)C(=O)C3(C)C)cn2c(=O)c1OC.CCc1nc2c(F)cc(NC(C)(C)C(=O)OC)cn2c(=O)c1OC.N#Cc1ccc(N=C=S)cc1C(F)(F)F. The predicted octanol–water partition coefficient (Wildman–Crippen LogP) is 9.29. The second-order valence-corrected chi connectivity index (χ2v) is 17.5. The number of nitrogens with one attached hydrogen (secondary N) is 1. The van der Waals surface area contributed by atoms with Crippen molar-refractivity contribution in [3.63, 3.8) is 0 Å². The van der Waals surface area contributed by atoms with Crippen LogP contribution in [0.5, 0.6) is 11.5 Å². The van der Waals surface area contributed by atoms with Crippen molar-refractivity contribution in [3.8, 4) is 23.6 Å². The van der Waals surface area contributed by atoms with Gasteiger partial charge in [-0.15, -0.1) is 0 Å². The number of anilines is 3. The zero-order valence-electron chi connectivity index (χ0n) is 41.4. The molecule has 1 aliphatic rings. The number of halogens is 8. The number of carbonyl (C=O) groups excluding carboxylic acids is 2. The van der Waals surface area contributed by atoms with Gasteiger partial charge in [0.2, 0.25) is 11.5 Å². The lowest BCUT2D eigenvalue weighted by Gasteiger charge is -2.29. The molecule has 17 nitrogen and oxygen atoms in total. The summed E-state index contributed by atoms with van der Waals surface area (Å²) in [4.78, 5) is 64.5. The number of methoxy groups -OCH3 is 3. The van der Waals surface area contributed by atoms with E-state index in [1.165, 1.54) is 82.8 Å². The summed E-state index contributed by atoms with van der Waals surface area (Å²) in [6.45, 7) is 9.62. The van der Waals surface area contributed by atoms with Crippen LogP contribution in [0.1, 0.15) is 75.2 Å². The van der Waals surface area contributed by atoms with E-state index in [2.05, 4.69) is 32.5 Å². The lowest BCUT2D eigenvalue weighted by molar-refractivity contribution is -0.144. The standard InChI is InChI=1S/C24H19F4N5O3S.C16H20FN3O4.C9H3F3N2S/c1-5-17-18(36-4)20(34)31-11-14(9-16(25)19(31)30-17)33-22(37)32(21(35)23(33,2)3)13-7-6-12(10-29)15(8-13)24(26,27)28;1-6-11-12(23-4)14(21)20-8-9(7-10(17)13(20)18-11)19-16(2,3)15(22)24-5;10-9(11,12)8-3-7(14-5-15)2-1-6(8)4-13/h6-9,11H,5H2,1-4H3;7-8,19H,6H2,1-5H3;1-3H. The number of pyridine rings is 2. The number of rotatable bonds is 10. The number of esters is 1. The van der Waals surface area contributed by atoms with E-state index < -0.39 is 80.3 Å². The first-order valence-electron chi connectivity index (χ1n) is 21.9. The molecule has 0 aliphatic carbocycles. The van der Waals surface area contributed by atoms with E-state index in [1.54, 1.807) is 27.7 Å². The molecule has 0 atom stereocenters. The van der Waals surface area contributed by atoms with Gasteiger partial charge in [0.05, 0.1) is 95.0 Å². The molecule has 398 valence electrons. The first kappa shape index (κ1) is 58.5. The fraction of sp³-hybridized carbons (Fsp3) is 0.306. The quantitative estimate of drug-likeness (QED) is 0.0587. The highest BCUT2D eigenvalue weighted by Crippen LogP contribution is 2.40. The second-order valence-electron chi connectivity index (χ2n) is 17.0. The number of aliphatic imine (C=N–C) groups is 1. The van der Waals surface area contributed by atoms with E-state index in [1.807, 2.05) is 5.16 Å². The number of nitrogens with zero attached hydrogens (tertiary/aromatic N) is 9. The summed E-state index contributed by atoms with van der Waals surface area (Å²) < 4.78 is 124. The third-order valence-corrected chi connectivity index (χ3v) is 11.7. The highest BCUT2D eigenvalue weighted by Gasteiger charge is 2.51. The zero-order valence-corrected chi connectivity index (χ0v) is 43.0. The van der Waals surface area contributed by atoms with Crippen molar-refractivity contribution < 1.29 is 58.9 Å². The Hall–Kier alpha value is -8.39. The third-order valence-electron chi connectivity index (χ3n) is 11.2. The molecule has 7 rings (SSSR count). The number of thiocarbonyl (C=S) groups is 2. The Morgan fingerprint density at radius 2 is 1.25 bits per heavy atom. The Kier molecular flexibility index (Phi) is 17.4.